The van der Waals surface area contributed by atoms with Crippen LogP contribution < -0.4 is 20.3 Å². The van der Waals surface area contributed by atoms with Crippen LogP contribution in [0, 0.1) is 0 Å². The van der Waals surface area contributed by atoms with E-state index in [0.29, 0.717) is 28.0 Å². The van der Waals surface area contributed by atoms with E-state index in [1.54, 1.807) is 43.1 Å². The number of carbonyl (C=O) groups excluding carboxylic acids is 2. The number of para-hydroxylation sites is 1. The van der Waals surface area contributed by atoms with Gasteiger partial charge in [0.1, 0.15) is 11.5 Å². The first-order chi connectivity index (χ1) is 14.5. The van der Waals surface area contributed by atoms with Crippen molar-refractivity contribution in [2.75, 3.05) is 20.0 Å². The summed E-state index contributed by atoms with van der Waals surface area (Å²) in [6.07, 6.45) is 0. The van der Waals surface area contributed by atoms with Crippen molar-refractivity contribution in [3.05, 3.63) is 54.1 Å². The largest absolute Gasteiger partial charge is 0.497 e. The van der Waals surface area contributed by atoms with Crippen molar-refractivity contribution >= 4 is 23.6 Å². The second-order valence-electron chi connectivity index (χ2n) is 6.08. The van der Waals surface area contributed by atoms with Crippen LogP contribution in [-0.4, -0.2) is 46.6 Å². The summed E-state index contributed by atoms with van der Waals surface area (Å²) >= 11 is 1.21. The molecule has 0 saturated carbocycles. The molecule has 3 aromatic rings. The Labute approximate surface area is 177 Å². The third-order valence-corrected chi connectivity index (χ3v) is 5.20. The molecular weight excluding hydrogens is 406 g/mol. The lowest BCUT2D eigenvalue weighted by molar-refractivity contribution is -0.119. The van der Waals surface area contributed by atoms with Crippen LogP contribution in [0.5, 0.6) is 11.5 Å². The lowest BCUT2D eigenvalue weighted by atomic mass is 10.2. The zero-order chi connectivity index (χ0) is 21.5. The Morgan fingerprint density at radius 2 is 1.73 bits per heavy atom. The summed E-state index contributed by atoms with van der Waals surface area (Å²) in [5.74, 6) is 1.22. The smallest absolute Gasteiger partial charge is 0.269 e. The summed E-state index contributed by atoms with van der Waals surface area (Å²) < 4.78 is 12.2. The standard InChI is InChI=1S/C20H21N5O4S/c1-25-18(15-6-4-5-7-16(15)29-3)22-24-20(25)30-12-17(26)21-23-19(27)13-8-10-14(28-2)11-9-13/h4-11H,12H2,1-3H3,(H,21,26)(H,23,27). The van der Waals surface area contributed by atoms with Crippen LogP contribution in [0.2, 0.25) is 0 Å². The van der Waals surface area contributed by atoms with Gasteiger partial charge < -0.3 is 14.0 Å². The second kappa shape index (κ2) is 9.79. The molecule has 1 heterocycles. The fraction of sp³-hybridized carbons (Fsp3) is 0.200. The SMILES string of the molecule is COc1ccc(C(=O)NNC(=O)CSc2nnc(-c3ccccc3OC)n2C)cc1. The van der Waals surface area contributed by atoms with E-state index in [-0.39, 0.29) is 11.7 Å². The van der Waals surface area contributed by atoms with Gasteiger partial charge in [-0.2, -0.15) is 0 Å². The predicted molar refractivity (Wildman–Crippen MR) is 112 cm³/mol. The third kappa shape index (κ3) is 4.90. The van der Waals surface area contributed by atoms with E-state index >= 15 is 0 Å². The normalized spacial score (nSPS) is 10.4. The van der Waals surface area contributed by atoms with Gasteiger partial charge >= 0.3 is 0 Å². The maximum Gasteiger partial charge on any atom is 0.269 e. The molecule has 0 fully saturated rings. The molecule has 156 valence electrons. The summed E-state index contributed by atoms with van der Waals surface area (Å²) in [4.78, 5) is 24.2. The van der Waals surface area contributed by atoms with E-state index in [1.807, 2.05) is 31.3 Å². The topological polar surface area (TPSA) is 107 Å². The van der Waals surface area contributed by atoms with E-state index in [2.05, 4.69) is 21.0 Å². The molecular formula is C20H21N5O4S. The molecule has 0 aliphatic heterocycles. The fourth-order valence-corrected chi connectivity index (χ4v) is 3.32. The quantitative estimate of drug-likeness (QED) is 0.439. The van der Waals surface area contributed by atoms with Crippen molar-refractivity contribution in [1.29, 1.82) is 0 Å². The average Bonchev–Trinajstić information content (AvgIpc) is 3.16. The Morgan fingerprint density at radius 1 is 1.00 bits per heavy atom. The van der Waals surface area contributed by atoms with Crippen molar-refractivity contribution in [2.24, 2.45) is 7.05 Å². The van der Waals surface area contributed by atoms with Crippen LogP contribution in [-0.2, 0) is 11.8 Å². The first-order valence-electron chi connectivity index (χ1n) is 8.92. The van der Waals surface area contributed by atoms with Crippen molar-refractivity contribution < 1.29 is 19.1 Å². The van der Waals surface area contributed by atoms with Crippen LogP contribution >= 0.6 is 11.8 Å². The number of rotatable bonds is 7. The molecule has 0 radical (unpaired) electrons. The zero-order valence-electron chi connectivity index (χ0n) is 16.7. The van der Waals surface area contributed by atoms with E-state index in [0.717, 1.165) is 5.56 Å². The molecule has 1 aromatic heterocycles. The number of hydrogen-bond donors (Lipinski definition) is 2. The van der Waals surface area contributed by atoms with Gasteiger partial charge in [0.05, 0.1) is 25.5 Å². The number of amides is 2. The van der Waals surface area contributed by atoms with Gasteiger partial charge in [0.25, 0.3) is 5.91 Å². The lowest BCUT2D eigenvalue weighted by Gasteiger charge is -2.09. The van der Waals surface area contributed by atoms with E-state index in [9.17, 15) is 9.59 Å². The summed E-state index contributed by atoms with van der Waals surface area (Å²) in [7, 11) is 4.95. The highest BCUT2D eigenvalue weighted by molar-refractivity contribution is 7.99. The van der Waals surface area contributed by atoms with E-state index in [4.69, 9.17) is 9.47 Å². The Bertz CT molecular complexity index is 1040. The second-order valence-corrected chi connectivity index (χ2v) is 7.03. The van der Waals surface area contributed by atoms with Crippen LogP contribution in [0.4, 0.5) is 0 Å². The number of benzene rings is 2. The number of aromatic nitrogens is 3. The lowest BCUT2D eigenvalue weighted by Crippen LogP contribution is -2.42. The minimum atomic E-state index is -0.423. The highest BCUT2D eigenvalue weighted by Crippen LogP contribution is 2.29. The molecule has 0 atom stereocenters. The minimum Gasteiger partial charge on any atom is -0.497 e. The molecule has 0 aliphatic rings. The number of ether oxygens (including phenoxy) is 2. The van der Waals surface area contributed by atoms with Gasteiger partial charge in [0.2, 0.25) is 5.91 Å². The van der Waals surface area contributed by atoms with Crippen molar-refractivity contribution in [1.82, 2.24) is 25.6 Å². The Hall–Kier alpha value is -3.53. The number of methoxy groups -OCH3 is 2. The first kappa shape index (κ1) is 21.2. The van der Waals surface area contributed by atoms with Gasteiger partial charge in [0, 0.05) is 12.6 Å². The summed E-state index contributed by atoms with van der Waals surface area (Å²) in [6.45, 7) is 0. The molecule has 30 heavy (non-hydrogen) atoms. The van der Waals surface area contributed by atoms with Crippen LogP contribution in [0.1, 0.15) is 10.4 Å². The van der Waals surface area contributed by atoms with Crippen molar-refractivity contribution in [3.8, 4) is 22.9 Å². The Kier molecular flexibility index (Phi) is 6.91. The predicted octanol–water partition coefficient (Wildman–Crippen LogP) is 2.05. The molecule has 10 heteroatoms. The number of thioether (sulfide) groups is 1. The van der Waals surface area contributed by atoms with Crippen LogP contribution in [0.15, 0.2) is 53.7 Å². The van der Waals surface area contributed by atoms with Gasteiger partial charge in [-0.3, -0.25) is 20.4 Å². The van der Waals surface area contributed by atoms with Gasteiger partial charge in [-0.25, -0.2) is 0 Å². The third-order valence-electron chi connectivity index (χ3n) is 4.18. The number of nitrogens with zero attached hydrogens (tertiary/aromatic N) is 3. The number of carbonyl (C=O) groups is 2. The molecule has 0 bridgehead atoms. The highest BCUT2D eigenvalue weighted by atomic mass is 32.2. The van der Waals surface area contributed by atoms with Crippen molar-refractivity contribution in [3.63, 3.8) is 0 Å². The van der Waals surface area contributed by atoms with Gasteiger partial charge in [-0.05, 0) is 36.4 Å². The molecule has 0 spiro atoms. The molecule has 3 rings (SSSR count). The number of hydrogen-bond acceptors (Lipinski definition) is 7. The number of hydrazine groups is 1. The monoisotopic (exact) mass is 427 g/mol. The fourth-order valence-electron chi connectivity index (χ4n) is 2.61. The van der Waals surface area contributed by atoms with Crippen LogP contribution in [0.25, 0.3) is 11.4 Å². The summed E-state index contributed by atoms with van der Waals surface area (Å²) in [5.41, 5.74) is 5.97. The molecule has 2 N–H and O–H groups in total. The average molecular weight is 427 g/mol. The first-order valence-corrected chi connectivity index (χ1v) is 9.91. The maximum atomic E-state index is 12.1. The minimum absolute atomic E-state index is 0.0563. The summed E-state index contributed by atoms with van der Waals surface area (Å²) in [6, 6.07) is 14.0. The van der Waals surface area contributed by atoms with E-state index in [1.165, 1.54) is 11.8 Å². The Morgan fingerprint density at radius 3 is 2.43 bits per heavy atom. The molecule has 0 saturated heterocycles. The molecule has 0 unspecified atom stereocenters. The van der Waals surface area contributed by atoms with Crippen molar-refractivity contribution in [2.45, 2.75) is 5.16 Å². The summed E-state index contributed by atoms with van der Waals surface area (Å²) in [5, 5.41) is 8.90. The molecule has 9 nitrogen and oxygen atoms in total. The Balaban J connectivity index is 1.55. The van der Waals surface area contributed by atoms with Gasteiger partial charge in [0.15, 0.2) is 11.0 Å². The maximum absolute atomic E-state index is 12.1. The van der Waals surface area contributed by atoms with Gasteiger partial charge in [-0.1, -0.05) is 23.9 Å². The van der Waals surface area contributed by atoms with E-state index < -0.39 is 5.91 Å². The van der Waals surface area contributed by atoms with Gasteiger partial charge in [-0.15, -0.1) is 10.2 Å². The zero-order valence-corrected chi connectivity index (χ0v) is 17.5. The number of nitrogens with one attached hydrogen (secondary N) is 2. The van der Waals surface area contributed by atoms with Crippen LogP contribution in [0.3, 0.4) is 0 Å². The molecule has 2 aromatic carbocycles. The highest BCUT2D eigenvalue weighted by Gasteiger charge is 2.16. The molecule has 0 aliphatic carbocycles. The molecule has 2 amide bonds.